The van der Waals surface area contributed by atoms with Gasteiger partial charge in [0.15, 0.2) is 0 Å². The number of carboxylic acid groups (broad SMARTS) is 1. The molecular formula is C8H17N3O4S2. The molecule has 0 heterocycles. The molecule has 0 bridgehead atoms. The number of carbonyl (C=O) groups excluding carboxylic acids is 1. The average Bonchev–Trinajstić information content (AvgIpc) is 2.30. The number of carbonyl (C=O) groups is 2. The van der Waals surface area contributed by atoms with Crippen molar-refractivity contribution in [3.05, 3.63) is 0 Å². The van der Waals surface area contributed by atoms with Gasteiger partial charge < -0.3 is 27.0 Å². The fraction of sp³-hybridized carbons (Fsp3) is 0.750. The van der Waals surface area contributed by atoms with Crippen LogP contribution in [0.15, 0.2) is 0 Å². The van der Waals surface area contributed by atoms with Gasteiger partial charge in [0.05, 0.1) is 0 Å². The van der Waals surface area contributed by atoms with Gasteiger partial charge in [-0.05, 0) is 0 Å². The van der Waals surface area contributed by atoms with Crippen molar-refractivity contribution in [3.8, 4) is 0 Å². The number of rotatable bonds is 9. The summed E-state index contributed by atoms with van der Waals surface area (Å²) < 4.78 is 4.74. The SMILES string of the molecule is NCCOC(=O)[C@@H](N)CSSCC(N)C(=O)O. The van der Waals surface area contributed by atoms with E-state index in [0.29, 0.717) is 5.75 Å². The van der Waals surface area contributed by atoms with E-state index in [0.717, 1.165) is 0 Å². The molecule has 7 N–H and O–H groups in total. The highest BCUT2D eigenvalue weighted by Gasteiger charge is 2.16. The van der Waals surface area contributed by atoms with E-state index >= 15 is 0 Å². The van der Waals surface area contributed by atoms with Crippen molar-refractivity contribution in [2.45, 2.75) is 12.1 Å². The molecule has 0 aromatic carbocycles. The Morgan fingerprint density at radius 3 is 2.18 bits per heavy atom. The number of nitrogens with two attached hydrogens (primary N) is 3. The highest BCUT2D eigenvalue weighted by Crippen LogP contribution is 2.22. The van der Waals surface area contributed by atoms with Crippen LogP contribution in [0.1, 0.15) is 0 Å². The quantitative estimate of drug-likeness (QED) is 0.228. The molecular weight excluding hydrogens is 266 g/mol. The highest BCUT2D eigenvalue weighted by molar-refractivity contribution is 8.76. The molecule has 0 aliphatic rings. The monoisotopic (exact) mass is 283 g/mol. The zero-order valence-electron chi connectivity index (χ0n) is 9.20. The van der Waals surface area contributed by atoms with E-state index in [9.17, 15) is 9.59 Å². The summed E-state index contributed by atoms with van der Waals surface area (Å²) in [5, 5.41) is 8.52. The molecule has 7 nitrogen and oxygen atoms in total. The molecule has 0 aromatic heterocycles. The van der Waals surface area contributed by atoms with Gasteiger partial charge in [-0.1, -0.05) is 21.6 Å². The molecule has 0 aliphatic carbocycles. The average molecular weight is 283 g/mol. The smallest absolute Gasteiger partial charge is 0.323 e. The lowest BCUT2D eigenvalue weighted by Gasteiger charge is -2.10. The second-order valence-corrected chi connectivity index (χ2v) is 5.63. The molecule has 100 valence electrons. The number of hydrogen-bond donors (Lipinski definition) is 4. The summed E-state index contributed by atoms with van der Waals surface area (Å²) in [6.45, 7) is 0.405. The van der Waals surface area contributed by atoms with E-state index in [1.807, 2.05) is 0 Å². The third-order valence-electron chi connectivity index (χ3n) is 1.56. The Hall–Kier alpha value is -0.480. The van der Waals surface area contributed by atoms with Crippen molar-refractivity contribution in [3.63, 3.8) is 0 Å². The Morgan fingerprint density at radius 2 is 1.71 bits per heavy atom. The van der Waals surface area contributed by atoms with Crippen LogP contribution in [-0.2, 0) is 14.3 Å². The van der Waals surface area contributed by atoms with E-state index in [-0.39, 0.29) is 18.9 Å². The van der Waals surface area contributed by atoms with Crippen LogP contribution in [0, 0.1) is 0 Å². The van der Waals surface area contributed by atoms with E-state index in [1.54, 1.807) is 0 Å². The molecule has 0 amide bonds. The summed E-state index contributed by atoms with van der Waals surface area (Å²) in [4.78, 5) is 21.6. The molecule has 0 radical (unpaired) electrons. The van der Waals surface area contributed by atoms with Gasteiger partial charge in [0.25, 0.3) is 0 Å². The summed E-state index contributed by atoms with van der Waals surface area (Å²) in [7, 11) is 2.54. The first-order chi connectivity index (χ1) is 7.99. The zero-order valence-corrected chi connectivity index (χ0v) is 10.8. The van der Waals surface area contributed by atoms with Gasteiger partial charge in [-0.25, -0.2) is 0 Å². The maximum Gasteiger partial charge on any atom is 0.323 e. The molecule has 17 heavy (non-hydrogen) atoms. The van der Waals surface area contributed by atoms with Crippen LogP contribution in [0.4, 0.5) is 0 Å². The van der Waals surface area contributed by atoms with Gasteiger partial charge in [0.2, 0.25) is 0 Å². The lowest BCUT2D eigenvalue weighted by Crippen LogP contribution is -2.35. The van der Waals surface area contributed by atoms with Crippen molar-refractivity contribution < 1.29 is 19.4 Å². The number of aliphatic carboxylic acids is 1. The number of hydrogen-bond acceptors (Lipinski definition) is 8. The topological polar surface area (TPSA) is 142 Å². The highest BCUT2D eigenvalue weighted by atomic mass is 33.1. The van der Waals surface area contributed by atoms with Crippen LogP contribution < -0.4 is 17.2 Å². The second kappa shape index (κ2) is 9.54. The minimum Gasteiger partial charge on any atom is -0.480 e. The first-order valence-corrected chi connectivity index (χ1v) is 7.33. The molecule has 2 atom stereocenters. The largest absolute Gasteiger partial charge is 0.480 e. The third kappa shape index (κ3) is 8.27. The van der Waals surface area contributed by atoms with Crippen molar-refractivity contribution in [2.75, 3.05) is 24.7 Å². The molecule has 0 aromatic rings. The fourth-order valence-electron chi connectivity index (χ4n) is 0.649. The van der Waals surface area contributed by atoms with E-state index in [4.69, 9.17) is 27.0 Å². The predicted octanol–water partition coefficient (Wildman–Crippen LogP) is -1.39. The summed E-state index contributed by atoms with van der Waals surface area (Å²) >= 11 is 0. The minimum atomic E-state index is -1.05. The maximum absolute atomic E-state index is 11.2. The lowest BCUT2D eigenvalue weighted by atomic mass is 10.4. The van der Waals surface area contributed by atoms with Gasteiger partial charge in [-0.2, -0.15) is 0 Å². The first-order valence-electron chi connectivity index (χ1n) is 4.84. The molecule has 0 aliphatic heterocycles. The molecule has 1 unspecified atom stereocenters. The van der Waals surface area contributed by atoms with Gasteiger partial charge in [-0.15, -0.1) is 0 Å². The lowest BCUT2D eigenvalue weighted by molar-refractivity contribution is -0.144. The number of carboxylic acids is 1. The van der Waals surface area contributed by atoms with Crippen LogP contribution in [-0.4, -0.2) is 53.8 Å². The predicted molar refractivity (Wildman–Crippen MR) is 68.5 cm³/mol. The van der Waals surface area contributed by atoms with Crippen LogP contribution in [0.2, 0.25) is 0 Å². The Morgan fingerprint density at radius 1 is 1.18 bits per heavy atom. The van der Waals surface area contributed by atoms with Crippen molar-refractivity contribution >= 4 is 33.5 Å². The van der Waals surface area contributed by atoms with E-state index in [2.05, 4.69) is 0 Å². The van der Waals surface area contributed by atoms with Gasteiger partial charge >= 0.3 is 11.9 Å². The van der Waals surface area contributed by atoms with Gasteiger partial charge in [0, 0.05) is 18.1 Å². The maximum atomic E-state index is 11.2. The molecule has 0 saturated heterocycles. The molecule has 0 fully saturated rings. The molecule has 0 rings (SSSR count). The van der Waals surface area contributed by atoms with Gasteiger partial charge in [-0.3, -0.25) is 9.59 Å². The summed E-state index contributed by atoms with van der Waals surface area (Å²) in [5.41, 5.74) is 16.0. The number of ether oxygens (including phenoxy) is 1. The van der Waals surface area contributed by atoms with Crippen LogP contribution in [0.25, 0.3) is 0 Å². The molecule has 0 spiro atoms. The van der Waals surface area contributed by atoms with Crippen LogP contribution in [0.5, 0.6) is 0 Å². The third-order valence-corrected chi connectivity index (χ3v) is 4.03. The van der Waals surface area contributed by atoms with Crippen molar-refractivity contribution in [1.82, 2.24) is 0 Å². The van der Waals surface area contributed by atoms with E-state index < -0.39 is 24.0 Å². The fourth-order valence-corrected chi connectivity index (χ4v) is 2.87. The summed E-state index contributed by atoms with van der Waals surface area (Å²) in [6.07, 6.45) is 0. The van der Waals surface area contributed by atoms with Crippen molar-refractivity contribution in [2.24, 2.45) is 17.2 Å². The van der Waals surface area contributed by atoms with Crippen molar-refractivity contribution in [1.29, 1.82) is 0 Å². The Kier molecular flexibility index (Phi) is 9.27. The van der Waals surface area contributed by atoms with Gasteiger partial charge in [0.1, 0.15) is 18.7 Å². The van der Waals surface area contributed by atoms with Crippen LogP contribution >= 0.6 is 21.6 Å². The van der Waals surface area contributed by atoms with Crippen LogP contribution in [0.3, 0.4) is 0 Å². The molecule has 0 saturated carbocycles. The summed E-state index contributed by atoms with van der Waals surface area (Å²) in [6, 6.07) is -1.65. The Bertz CT molecular complexity index is 255. The Labute approximate surface area is 107 Å². The normalized spacial score (nSPS) is 14.1. The summed E-state index contributed by atoms with van der Waals surface area (Å²) in [5.74, 6) is -0.971. The van der Waals surface area contributed by atoms with E-state index in [1.165, 1.54) is 21.6 Å². The first kappa shape index (κ1) is 16.5. The standard InChI is InChI=1S/C8H17N3O4S2/c9-1-2-15-8(14)6(11)4-17-16-3-5(10)7(12)13/h5-6H,1-4,9-11H2,(H,12,13)/t5?,6-/m0/s1. The number of esters is 1. The Balaban J connectivity index is 3.60. The minimum absolute atomic E-state index is 0.147. The zero-order chi connectivity index (χ0) is 13.3. The molecule has 9 heteroatoms. The second-order valence-electron chi connectivity index (χ2n) is 3.08.